The molecule has 54 heavy (non-hydrogen) atoms. The van der Waals surface area contributed by atoms with Crippen molar-refractivity contribution in [3.8, 4) is 16.9 Å². The Bertz CT molecular complexity index is 1830. The van der Waals surface area contributed by atoms with Crippen molar-refractivity contribution < 1.29 is 28.8 Å². The van der Waals surface area contributed by atoms with Gasteiger partial charge in [-0.05, 0) is 85.0 Å². The molecule has 0 heterocycles. The molecule has 2 atom stereocenters. The van der Waals surface area contributed by atoms with Gasteiger partial charge in [0.2, 0.25) is 11.8 Å². The lowest BCUT2D eigenvalue weighted by Gasteiger charge is -2.22. The van der Waals surface area contributed by atoms with Gasteiger partial charge in [0.05, 0.1) is 6.61 Å². The second kappa shape index (κ2) is 20.1. The summed E-state index contributed by atoms with van der Waals surface area (Å²) in [7, 11) is 5.45. The summed E-state index contributed by atoms with van der Waals surface area (Å²) in [5, 5.41) is 5.55. The predicted molar refractivity (Wildman–Crippen MR) is 210 cm³/mol. The largest absolute Gasteiger partial charge is 0.415 e. The Morgan fingerprint density at radius 2 is 1.44 bits per heavy atom. The molecule has 4 amide bonds. The zero-order valence-corrected chi connectivity index (χ0v) is 31.4. The van der Waals surface area contributed by atoms with Crippen molar-refractivity contribution in [2.24, 2.45) is 0 Å². The summed E-state index contributed by atoms with van der Waals surface area (Å²) >= 11 is 0. The van der Waals surface area contributed by atoms with E-state index in [-0.39, 0.29) is 24.3 Å². The SMILES string of the molecule is CNC(=O)c1cccc(-c2ccc(C3CC3N(C)CCN(C)C(=O)Oc3ccc(CONC(=O)CCCCCCC(=O)Nc4ccccc4)cc3)cc2)c1. The highest BCUT2D eigenvalue weighted by molar-refractivity contribution is 5.95. The number of rotatable bonds is 19. The Labute approximate surface area is 318 Å². The number of ether oxygens (including phenoxy) is 1. The molecule has 0 radical (unpaired) electrons. The highest BCUT2D eigenvalue weighted by Gasteiger charge is 2.41. The van der Waals surface area contributed by atoms with Crippen molar-refractivity contribution >= 4 is 29.5 Å². The van der Waals surface area contributed by atoms with Gasteiger partial charge in [-0.15, -0.1) is 0 Å². The van der Waals surface area contributed by atoms with E-state index >= 15 is 0 Å². The number of nitrogens with zero attached hydrogens (tertiary/aromatic N) is 2. The Balaban J connectivity index is 0.922. The minimum absolute atomic E-state index is 0.00212. The van der Waals surface area contributed by atoms with Crippen LogP contribution in [0.1, 0.15) is 72.3 Å². The van der Waals surface area contributed by atoms with E-state index in [1.54, 1.807) is 43.3 Å². The van der Waals surface area contributed by atoms with E-state index in [1.807, 2.05) is 54.6 Å². The van der Waals surface area contributed by atoms with E-state index in [1.165, 1.54) is 5.56 Å². The zero-order valence-electron chi connectivity index (χ0n) is 31.4. The van der Waals surface area contributed by atoms with Gasteiger partial charge in [-0.3, -0.25) is 19.2 Å². The summed E-state index contributed by atoms with van der Waals surface area (Å²) < 4.78 is 5.57. The molecule has 0 bridgehead atoms. The van der Waals surface area contributed by atoms with Crippen molar-refractivity contribution in [3.63, 3.8) is 0 Å². The third kappa shape index (κ3) is 12.3. The second-order valence-electron chi connectivity index (χ2n) is 13.7. The molecule has 5 rings (SSSR count). The predicted octanol–water partition coefficient (Wildman–Crippen LogP) is 7.16. The summed E-state index contributed by atoms with van der Waals surface area (Å²) in [6, 6.07) is 33.0. The molecule has 284 valence electrons. The third-order valence-corrected chi connectivity index (χ3v) is 9.62. The van der Waals surface area contributed by atoms with Gasteiger partial charge in [0.1, 0.15) is 5.75 Å². The molecule has 0 saturated heterocycles. The monoisotopic (exact) mass is 733 g/mol. The minimum atomic E-state index is -0.432. The maximum absolute atomic E-state index is 12.8. The Morgan fingerprint density at radius 1 is 0.741 bits per heavy atom. The van der Waals surface area contributed by atoms with Gasteiger partial charge >= 0.3 is 6.09 Å². The lowest BCUT2D eigenvalue weighted by Crippen LogP contribution is -2.37. The van der Waals surface area contributed by atoms with E-state index in [0.29, 0.717) is 49.2 Å². The van der Waals surface area contributed by atoms with E-state index in [4.69, 9.17) is 9.57 Å². The number of benzene rings is 4. The van der Waals surface area contributed by atoms with Crippen molar-refractivity contribution in [2.75, 3.05) is 39.5 Å². The van der Waals surface area contributed by atoms with Gasteiger partial charge in [-0.1, -0.05) is 79.6 Å². The van der Waals surface area contributed by atoms with Crippen LogP contribution in [0.2, 0.25) is 0 Å². The Hall–Kier alpha value is -5.52. The van der Waals surface area contributed by atoms with Crippen LogP contribution in [0.3, 0.4) is 0 Å². The molecule has 11 heteroatoms. The summed E-state index contributed by atoms with van der Waals surface area (Å²) in [5.74, 6) is 0.577. The van der Waals surface area contributed by atoms with Crippen LogP contribution in [-0.2, 0) is 21.0 Å². The van der Waals surface area contributed by atoms with Gasteiger partial charge < -0.3 is 25.2 Å². The summed E-state index contributed by atoms with van der Waals surface area (Å²) in [6.45, 7) is 1.42. The van der Waals surface area contributed by atoms with Crippen molar-refractivity contribution in [1.82, 2.24) is 20.6 Å². The average molecular weight is 734 g/mol. The van der Waals surface area contributed by atoms with Crippen molar-refractivity contribution in [3.05, 3.63) is 120 Å². The number of nitrogens with one attached hydrogen (secondary N) is 3. The smallest absolute Gasteiger partial charge is 0.410 e. The molecule has 1 fully saturated rings. The van der Waals surface area contributed by atoms with Crippen LogP contribution in [0.15, 0.2) is 103 Å². The first-order valence-corrected chi connectivity index (χ1v) is 18.6. The highest BCUT2D eigenvalue weighted by atomic mass is 16.6. The molecule has 3 N–H and O–H groups in total. The van der Waals surface area contributed by atoms with Crippen LogP contribution in [-0.4, -0.2) is 73.9 Å². The number of amides is 4. The number of hydrogen-bond donors (Lipinski definition) is 3. The van der Waals surface area contributed by atoms with E-state index in [0.717, 1.165) is 54.5 Å². The second-order valence-corrected chi connectivity index (χ2v) is 13.7. The van der Waals surface area contributed by atoms with Crippen molar-refractivity contribution in [2.45, 2.75) is 63.5 Å². The normalized spacial score (nSPS) is 14.6. The van der Waals surface area contributed by atoms with Gasteiger partial charge in [0.15, 0.2) is 0 Å². The average Bonchev–Trinajstić information content (AvgIpc) is 4.00. The number of hydroxylamine groups is 1. The summed E-state index contributed by atoms with van der Waals surface area (Å²) in [5.41, 5.74) is 8.10. The van der Waals surface area contributed by atoms with Crippen LogP contribution in [0, 0.1) is 0 Å². The Morgan fingerprint density at radius 3 is 2.15 bits per heavy atom. The third-order valence-electron chi connectivity index (χ3n) is 9.62. The van der Waals surface area contributed by atoms with Crippen LogP contribution in [0.5, 0.6) is 5.75 Å². The molecule has 0 spiro atoms. The van der Waals surface area contributed by atoms with Gasteiger partial charge in [0.25, 0.3) is 5.91 Å². The highest BCUT2D eigenvalue weighted by Crippen LogP contribution is 2.44. The van der Waals surface area contributed by atoms with Crippen LogP contribution >= 0.6 is 0 Å². The van der Waals surface area contributed by atoms with E-state index in [2.05, 4.69) is 52.3 Å². The van der Waals surface area contributed by atoms with Crippen molar-refractivity contribution in [1.29, 1.82) is 0 Å². The molecule has 1 aliphatic rings. The van der Waals surface area contributed by atoms with Crippen LogP contribution < -0.4 is 20.9 Å². The minimum Gasteiger partial charge on any atom is -0.410 e. The topological polar surface area (TPSA) is 129 Å². The quantitative estimate of drug-likeness (QED) is 0.0689. The van der Waals surface area contributed by atoms with E-state index < -0.39 is 6.09 Å². The van der Waals surface area contributed by atoms with Gasteiger partial charge in [-0.2, -0.15) is 0 Å². The maximum Gasteiger partial charge on any atom is 0.415 e. The molecular weight excluding hydrogens is 683 g/mol. The number of carbonyl (C=O) groups is 4. The van der Waals surface area contributed by atoms with Crippen LogP contribution in [0.25, 0.3) is 11.1 Å². The summed E-state index contributed by atoms with van der Waals surface area (Å²) in [4.78, 5) is 58.2. The molecule has 0 aromatic heterocycles. The van der Waals surface area contributed by atoms with Gasteiger partial charge in [-0.25, -0.2) is 10.3 Å². The molecular formula is C43H51N5O6. The first-order valence-electron chi connectivity index (χ1n) is 18.6. The fraction of sp³-hybridized carbons (Fsp3) is 0.349. The fourth-order valence-corrected chi connectivity index (χ4v) is 6.25. The maximum atomic E-state index is 12.8. The first-order chi connectivity index (χ1) is 26.2. The summed E-state index contributed by atoms with van der Waals surface area (Å²) in [6.07, 6.45) is 4.66. The molecule has 2 unspecified atom stereocenters. The number of carbonyl (C=O) groups excluding carboxylic acids is 4. The van der Waals surface area contributed by atoms with Gasteiger partial charge in [0, 0.05) is 63.2 Å². The standard InChI is InChI=1S/C43H51N5O6/c1-44-42(51)35-13-11-12-34(28-35)32-20-22-33(23-21-32)38-29-39(38)47(2)26-27-48(3)43(52)54-37-24-18-31(19-25-37)30-53-46-41(50)17-10-5-4-9-16-40(49)45-36-14-7-6-8-15-36/h6-8,11-15,18-25,28,38-39H,4-5,9-10,16-17,26-27,29-30H2,1-3H3,(H,44,51)(H,45,49)(H,46,50). The number of hydrogen-bond acceptors (Lipinski definition) is 7. The lowest BCUT2D eigenvalue weighted by molar-refractivity contribution is -0.134. The lowest BCUT2D eigenvalue weighted by atomic mass is 10.00. The van der Waals surface area contributed by atoms with E-state index in [9.17, 15) is 19.2 Å². The number of unbranched alkanes of at least 4 members (excludes halogenated alkanes) is 3. The first kappa shape index (κ1) is 39.7. The number of likely N-dealkylation sites (N-methyl/N-ethyl adjacent to an activating group) is 2. The molecule has 1 aliphatic carbocycles. The number of anilines is 1. The molecule has 1 saturated carbocycles. The molecule has 11 nitrogen and oxygen atoms in total. The number of para-hydroxylation sites is 1. The molecule has 4 aromatic carbocycles. The zero-order chi connectivity index (χ0) is 38.3. The molecule has 0 aliphatic heterocycles. The molecule has 4 aromatic rings. The Kier molecular flexibility index (Phi) is 14.8. The fourth-order valence-electron chi connectivity index (χ4n) is 6.25. The van der Waals surface area contributed by atoms with Crippen LogP contribution in [0.4, 0.5) is 10.5 Å².